The molecule has 1 heterocycles. The van der Waals surface area contributed by atoms with Crippen molar-refractivity contribution in [2.45, 2.75) is 70.8 Å². The van der Waals surface area contributed by atoms with Crippen molar-refractivity contribution in [3.8, 4) is 5.75 Å². The summed E-state index contributed by atoms with van der Waals surface area (Å²) in [5.41, 5.74) is 0.206. The summed E-state index contributed by atoms with van der Waals surface area (Å²) in [6.07, 6.45) is 10.6. The van der Waals surface area contributed by atoms with Gasteiger partial charge in [-0.2, -0.15) is 4.39 Å². The van der Waals surface area contributed by atoms with Crippen LogP contribution in [0.4, 0.5) is 8.78 Å². The summed E-state index contributed by atoms with van der Waals surface area (Å²) < 4.78 is 38.2. The number of halogens is 2. The zero-order valence-corrected chi connectivity index (χ0v) is 16.6. The van der Waals surface area contributed by atoms with Crippen LogP contribution in [-0.2, 0) is 9.53 Å². The van der Waals surface area contributed by atoms with Gasteiger partial charge in [-0.1, -0.05) is 18.9 Å². The second-order valence-corrected chi connectivity index (χ2v) is 9.01. The van der Waals surface area contributed by atoms with Crippen LogP contribution in [-0.4, -0.2) is 18.7 Å². The quantitative estimate of drug-likeness (QED) is 0.373. The van der Waals surface area contributed by atoms with Crippen LogP contribution in [0.5, 0.6) is 5.75 Å². The first-order valence-corrected chi connectivity index (χ1v) is 10.8. The molecule has 1 atom stereocenters. The van der Waals surface area contributed by atoms with E-state index in [1.165, 1.54) is 51.2 Å². The van der Waals surface area contributed by atoms with E-state index in [-0.39, 0.29) is 17.2 Å². The molecule has 0 radical (unpaired) electrons. The van der Waals surface area contributed by atoms with Crippen molar-refractivity contribution in [1.82, 2.24) is 0 Å². The average Bonchev–Trinajstić information content (AvgIpc) is 3.53. The van der Waals surface area contributed by atoms with Gasteiger partial charge in [0.25, 0.3) is 0 Å². The van der Waals surface area contributed by atoms with Crippen molar-refractivity contribution in [2.75, 3.05) is 6.61 Å². The third-order valence-electron chi connectivity index (χ3n) is 7.11. The normalized spacial score (nSPS) is 32.8. The number of aryl methyl sites for hydroxylation is 1. The first-order chi connectivity index (χ1) is 13.5. The second-order valence-electron chi connectivity index (χ2n) is 9.01. The zero-order chi connectivity index (χ0) is 19.7. The number of epoxide rings is 1. The minimum atomic E-state index is -1.07. The van der Waals surface area contributed by atoms with Gasteiger partial charge in [0.05, 0.1) is 18.6 Å². The van der Waals surface area contributed by atoms with E-state index in [2.05, 4.69) is 0 Å². The van der Waals surface area contributed by atoms with E-state index < -0.39 is 17.6 Å². The monoisotopic (exact) mass is 392 g/mol. The molecule has 1 saturated heterocycles. The number of benzene rings is 1. The van der Waals surface area contributed by atoms with Crippen LogP contribution in [0.3, 0.4) is 0 Å². The van der Waals surface area contributed by atoms with Gasteiger partial charge in [-0.3, -0.25) is 4.79 Å². The van der Waals surface area contributed by atoms with Crippen LogP contribution in [0.1, 0.15) is 63.4 Å². The molecule has 2 saturated carbocycles. The summed E-state index contributed by atoms with van der Waals surface area (Å²) in [6, 6.07) is 2.77. The van der Waals surface area contributed by atoms with Crippen molar-refractivity contribution in [3.05, 3.63) is 29.3 Å². The summed E-state index contributed by atoms with van der Waals surface area (Å²) >= 11 is 0. The highest BCUT2D eigenvalue weighted by molar-refractivity contribution is 5.75. The minimum Gasteiger partial charge on any atom is -0.423 e. The summed E-state index contributed by atoms with van der Waals surface area (Å²) in [4.78, 5) is 12.4. The number of carbonyl (C=O) groups excluding carboxylic acids is 1. The number of esters is 1. The zero-order valence-electron chi connectivity index (χ0n) is 16.6. The molecule has 0 N–H and O–H groups in total. The highest BCUT2D eigenvalue weighted by Gasteiger charge is 2.35. The van der Waals surface area contributed by atoms with Crippen LogP contribution in [0.2, 0.25) is 0 Å². The third-order valence-corrected chi connectivity index (χ3v) is 7.11. The molecule has 28 heavy (non-hydrogen) atoms. The first kappa shape index (κ1) is 19.8. The van der Waals surface area contributed by atoms with Gasteiger partial charge in [-0.25, -0.2) is 4.39 Å². The van der Waals surface area contributed by atoms with E-state index in [9.17, 15) is 13.6 Å². The number of hydrogen-bond acceptors (Lipinski definition) is 3. The van der Waals surface area contributed by atoms with Gasteiger partial charge in [-0.05, 0) is 81.3 Å². The Balaban J connectivity index is 1.24. The molecule has 154 valence electrons. The van der Waals surface area contributed by atoms with E-state index in [0.717, 1.165) is 44.1 Å². The lowest BCUT2D eigenvalue weighted by atomic mass is 9.68. The van der Waals surface area contributed by atoms with Crippen molar-refractivity contribution in [1.29, 1.82) is 0 Å². The fourth-order valence-corrected chi connectivity index (χ4v) is 5.20. The molecular weight excluding hydrogens is 362 g/mol. The predicted molar refractivity (Wildman–Crippen MR) is 102 cm³/mol. The molecule has 1 aliphatic heterocycles. The lowest BCUT2D eigenvalue weighted by molar-refractivity contribution is -0.140. The predicted octanol–water partition coefficient (Wildman–Crippen LogP) is 5.58. The molecule has 3 aliphatic rings. The summed E-state index contributed by atoms with van der Waals surface area (Å²) in [6.45, 7) is 2.44. The van der Waals surface area contributed by atoms with Gasteiger partial charge in [0.15, 0.2) is 11.6 Å². The van der Waals surface area contributed by atoms with Crippen molar-refractivity contribution < 1.29 is 23.0 Å². The minimum absolute atomic E-state index is 0.205. The maximum absolute atomic E-state index is 13.9. The Hall–Kier alpha value is -1.49. The molecule has 0 bridgehead atoms. The Labute approximate surface area is 165 Å². The number of carbonyl (C=O) groups is 1. The third kappa shape index (κ3) is 4.56. The molecule has 1 aromatic carbocycles. The Bertz CT molecular complexity index is 700. The van der Waals surface area contributed by atoms with Crippen LogP contribution in [0, 0.1) is 42.2 Å². The molecule has 3 nitrogen and oxygen atoms in total. The van der Waals surface area contributed by atoms with E-state index in [4.69, 9.17) is 9.47 Å². The molecule has 2 aliphatic carbocycles. The standard InChI is InChI=1S/C23H30F2O3/c1-14-2-11-20(22(25)21(14)24)28-23(26)18-9-7-17(8-10-18)16-5-3-15(4-6-16)12-19-13-27-19/h2,11,15-19H,3-10,12-13H2,1H3. The molecule has 4 rings (SSSR count). The SMILES string of the molecule is Cc1ccc(OC(=O)C2CCC(C3CCC(CC4CO4)CC3)CC2)c(F)c1F. The van der Waals surface area contributed by atoms with Gasteiger partial charge in [0, 0.05) is 0 Å². The van der Waals surface area contributed by atoms with E-state index in [0.29, 0.717) is 12.0 Å². The van der Waals surface area contributed by atoms with Crippen LogP contribution < -0.4 is 4.74 Å². The molecule has 3 fully saturated rings. The fraction of sp³-hybridized carbons (Fsp3) is 0.696. The molecule has 0 amide bonds. The average molecular weight is 392 g/mol. The lowest BCUT2D eigenvalue weighted by Crippen LogP contribution is -2.30. The molecular formula is C23H30F2O3. The van der Waals surface area contributed by atoms with Gasteiger partial charge >= 0.3 is 5.97 Å². The molecule has 0 aromatic heterocycles. The van der Waals surface area contributed by atoms with Crippen molar-refractivity contribution in [2.24, 2.45) is 23.7 Å². The maximum Gasteiger partial charge on any atom is 0.314 e. The largest absolute Gasteiger partial charge is 0.423 e. The highest BCUT2D eigenvalue weighted by atomic mass is 19.2. The number of ether oxygens (including phenoxy) is 2. The first-order valence-electron chi connectivity index (χ1n) is 10.8. The van der Waals surface area contributed by atoms with Gasteiger partial charge < -0.3 is 9.47 Å². The Morgan fingerprint density at radius 2 is 1.61 bits per heavy atom. The Kier molecular flexibility index (Phi) is 6.00. The molecule has 1 unspecified atom stereocenters. The highest BCUT2D eigenvalue weighted by Crippen LogP contribution is 2.43. The molecule has 0 spiro atoms. The Morgan fingerprint density at radius 3 is 2.21 bits per heavy atom. The van der Waals surface area contributed by atoms with Crippen LogP contribution >= 0.6 is 0 Å². The van der Waals surface area contributed by atoms with Gasteiger partial charge in [-0.15, -0.1) is 0 Å². The topological polar surface area (TPSA) is 38.8 Å². The smallest absolute Gasteiger partial charge is 0.314 e. The maximum atomic E-state index is 13.9. The summed E-state index contributed by atoms with van der Waals surface area (Å²) in [7, 11) is 0. The summed E-state index contributed by atoms with van der Waals surface area (Å²) in [5, 5.41) is 0. The Morgan fingerprint density at radius 1 is 1.00 bits per heavy atom. The molecule has 5 heteroatoms. The van der Waals surface area contributed by atoms with E-state index in [1.807, 2.05) is 0 Å². The second kappa shape index (κ2) is 8.48. The lowest BCUT2D eigenvalue weighted by Gasteiger charge is -2.37. The summed E-state index contributed by atoms with van der Waals surface area (Å²) in [5.74, 6) is -0.647. The van der Waals surface area contributed by atoms with Gasteiger partial charge in [0.2, 0.25) is 5.82 Å². The van der Waals surface area contributed by atoms with Crippen molar-refractivity contribution >= 4 is 5.97 Å². The van der Waals surface area contributed by atoms with Gasteiger partial charge in [0.1, 0.15) is 0 Å². The van der Waals surface area contributed by atoms with E-state index in [1.54, 1.807) is 0 Å². The van der Waals surface area contributed by atoms with Crippen molar-refractivity contribution in [3.63, 3.8) is 0 Å². The number of hydrogen-bond donors (Lipinski definition) is 0. The van der Waals surface area contributed by atoms with E-state index >= 15 is 0 Å². The van der Waals surface area contributed by atoms with Crippen LogP contribution in [0.25, 0.3) is 0 Å². The van der Waals surface area contributed by atoms with Crippen LogP contribution in [0.15, 0.2) is 12.1 Å². The number of rotatable bonds is 5. The fourth-order valence-electron chi connectivity index (χ4n) is 5.20. The molecule has 1 aromatic rings.